The van der Waals surface area contributed by atoms with Gasteiger partial charge in [0.05, 0.1) is 17.0 Å². The number of Topliss-reactive ketones (excluding diaryl/α,β-unsaturated/α-hetero) is 1. The predicted octanol–water partition coefficient (Wildman–Crippen LogP) is 2.50. The molecule has 1 heterocycles. The highest BCUT2D eigenvalue weighted by Crippen LogP contribution is 2.25. The van der Waals surface area contributed by atoms with Crippen LogP contribution in [0.5, 0.6) is 0 Å². The van der Waals surface area contributed by atoms with Crippen molar-refractivity contribution in [2.45, 2.75) is 13.0 Å². The van der Waals surface area contributed by atoms with Crippen LogP contribution in [0.1, 0.15) is 17.3 Å². The average molecular weight is 239 g/mol. The largest absolute Gasteiger partial charge is 0.458 e. The minimum Gasteiger partial charge on any atom is -0.458 e. The van der Waals surface area contributed by atoms with Crippen LogP contribution in [0.15, 0.2) is 22.8 Å². The van der Waals surface area contributed by atoms with E-state index in [-0.39, 0.29) is 16.5 Å². The summed E-state index contributed by atoms with van der Waals surface area (Å²) in [4.78, 5) is 11.8. The summed E-state index contributed by atoms with van der Waals surface area (Å²) in [5.41, 5.74) is -0.328. The Hall–Kier alpha value is -1.75. The third-order valence-corrected chi connectivity index (χ3v) is 2.73. The molecule has 0 bridgehead atoms. The Balaban J connectivity index is 2.57. The number of hydrogen-bond donors (Lipinski definition) is 1. The molecule has 17 heavy (non-hydrogen) atoms. The second-order valence-electron chi connectivity index (χ2n) is 3.76. The molecule has 2 aromatic rings. The van der Waals surface area contributed by atoms with E-state index in [9.17, 15) is 13.6 Å². The average Bonchev–Trinajstić information content (AvgIpc) is 2.71. The summed E-state index contributed by atoms with van der Waals surface area (Å²) in [5.74, 6) is -1.86. The van der Waals surface area contributed by atoms with E-state index in [1.54, 1.807) is 14.0 Å². The first kappa shape index (κ1) is 11.7. The molecule has 5 heteroatoms. The topological polar surface area (TPSA) is 42.2 Å². The van der Waals surface area contributed by atoms with E-state index in [1.165, 1.54) is 12.1 Å². The number of nitrogens with one attached hydrogen (secondary N) is 1. The monoisotopic (exact) mass is 239 g/mol. The number of carbonyl (C=O) groups is 1. The van der Waals surface area contributed by atoms with Crippen LogP contribution >= 0.6 is 0 Å². The molecule has 1 N–H and O–H groups in total. The number of hydrogen-bond acceptors (Lipinski definition) is 3. The van der Waals surface area contributed by atoms with Crippen molar-refractivity contribution in [1.29, 1.82) is 0 Å². The molecule has 0 saturated carbocycles. The van der Waals surface area contributed by atoms with Crippen molar-refractivity contribution in [2.75, 3.05) is 7.05 Å². The minimum absolute atomic E-state index is 0.0381. The summed E-state index contributed by atoms with van der Waals surface area (Å²) in [6.45, 7) is 1.62. The van der Waals surface area contributed by atoms with Gasteiger partial charge >= 0.3 is 0 Å². The van der Waals surface area contributed by atoms with Crippen molar-refractivity contribution >= 4 is 16.8 Å². The van der Waals surface area contributed by atoms with E-state index < -0.39 is 23.5 Å². The van der Waals surface area contributed by atoms with Crippen LogP contribution in [0.25, 0.3) is 11.0 Å². The maximum Gasteiger partial charge on any atom is 0.182 e. The second-order valence-corrected chi connectivity index (χ2v) is 3.76. The van der Waals surface area contributed by atoms with Gasteiger partial charge in [-0.15, -0.1) is 0 Å². The van der Waals surface area contributed by atoms with Crippen LogP contribution < -0.4 is 5.32 Å². The zero-order chi connectivity index (χ0) is 12.6. The van der Waals surface area contributed by atoms with Gasteiger partial charge in [0.1, 0.15) is 6.26 Å². The van der Waals surface area contributed by atoms with Crippen LogP contribution in [0.2, 0.25) is 0 Å². The van der Waals surface area contributed by atoms with E-state index in [0.717, 1.165) is 6.26 Å². The first-order chi connectivity index (χ1) is 8.06. The molecule has 90 valence electrons. The Labute approximate surface area is 96.4 Å². The molecule has 0 radical (unpaired) electrons. The van der Waals surface area contributed by atoms with Gasteiger partial charge in [-0.1, -0.05) is 0 Å². The first-order valence-electron chi connectivity index (χ1n) is 5.13. The summed E-state index contributed by atoms with van der Waals surface area (Å²) in [5, 5.41) is 2.76. The lowest BCUT2D eigenvalue weighted by Crippen LogP contribution is -2.31. The molecule has 0 amide bonds. The fraction of sp³-hybridized carbons (Fsp3) is 0.250. The predicted molar refractivity (Wildman–Crippen MR) is 59.0 cm³/mol. The van der Waals surface area contributed by atoms with Gasteiger partial charge in [0.2, 0.25) is 0 Å². The Morgan fingerprint density at radius 2 is 2.12 bits per heavy atom. The number of rotatable bonds is 3. The van der Waals surface area contributed by atoms with Gasteiger partial charge in [-0.2, -0.15) is 0 Å². The maximum atomic E-state index is 13.9. The lowest BCUT2D eigenvalue weighted by molar-refractivity contribution is 0.0951. The standard InChI is InChI=1S/C12H11F2NO2/c1-6(15-2)11(16)8-4-3-7-9(13)5-17-12(7)10(8)14/h3-6,15H,1-2H3. The fourth-order valence-electron chi connectivity index (χ4n) is 1.59. The van der Waals surface area contributed by atoms with E-state index in [1.807, 2.05) is 0 Å². The van der Waals surface area contributed by atoms with E-state index in [4.69, 9.17) is 4.42 Å². The number of benzene rings is 1. The smallest absolute Gasteiger partial charge is 0.182 e. The Kier molecular flexibility index (Phi) is 2.93. The summed E-state index contributed by atoms with van der Waals surface area (Å²) in [6, 6.07) is 2.10. The third-order valence-electron chi connectivity index (χ3n) is 2.73. The number of furan rings is 1. The molecule has 0 spiro atoms. The number of carbonyl (C=O) groups excluding carboxylic acids is 1. The minimum atomic E-state index is -0.821. The van der Waals surface area contributed by atoms with Gasteiger partial charge < -0.3 is 9.73 Å². The number of ketones is 1. The molecule has 0 aliphatic rings. The Morgan fingerprint density at radius 3 is 2.76 bits per heavy atom. The molecule has 0 aliphatic heterocycles. The van der Waals surface area contributed by atoms with Crippen molar-refractivity contribution in [3.63, 3.8) is 0 Å². The van der Waals surface area contributed by atoms with Crippen LogP contribution in [0, 0.1) is 11.6 Å². The van der Waals surface area contributed by atoms with Crippen LogP contribution in [-0.4, -0.2) is 18.9 Å². The molecule has 1 aromatic heterocycles. The fourth-order valence-corrected chi connectivity index (χ4v) is 1.59. The molecular weight excluding hydrogens is 228 g/mol. The first-order valence-corrected chi connectivity index (χ1v) is 5.13. The summed E-state index contributed by atoms with van der Waals surface area (Å²) in [7, 11) is 1.60. The van der Waals surface area contributed by atoms with Crippen LogP contribution in [-0.2, 0) is 0 Å². The SMILES string of the molecule is CNC(C)C(=O)c1ccc2c(F)coc2c1F. The molecule has 0 fully saturated rings. The van der Waals surface area contributed by atoms with Gasteiger partial charge in [0.15, 0.2) is 23.0 Å². The van der Waals surface area contributed by atoms with E-state index in [2.05, 4.69) is 5.32 Å². The summed E-state index contributed by atoms with van der Waals surface area (Å²) >= 11 is 0. The number of halogens is 2. The van der Waals surface area contributed by atoms with Crippen molar-refractivity contribution in [3.05, 3.63) is 35.6 Å². The van der Waals surface area contributed by atoms with Crippen LogP contribution in [0.4, 0.5) is 8.78 Å². The summed E-state index contributed by atoms with van der Waals surface area (Å²) in [6.07, 6.45) is 0.823. The van der Waals surface area contributed by atoms with E-state index in [0.29, 0.717) is 0 Å². The Bertz CT molecular complexity index is 577. The summed E-state index contributed by atoms with van der Waals surface area (Å²) < 4.78 is 31.8. The van der Waals surface area contributed by atoms with Crippen molar-refractivity contribution in [2.24, 2.45) is 0 Å². The van der Waals surface area contributed by atoms with Gasteiger partial charge in [-0.3, -0.25) is 4.79 Å². The lowest BCUT2D eigenvalue weighted by Gasteiger charge is -2.09. The highest BCUT2D eigenvalue weighted by molar-refractivity contribution is 6.02. The number of fused-ring (bicyclic) bond motifs is 1. The number of likely N-dealkylation sites (N-methyl/N-ethyl adjacent to an activating group) is 1. The van der Waals surface area contributed by atoms with E-state index >= 15 is 0 Å². The molecular formula is C12H11F2NO2. The van der Waals surface area contributed by atoms with Gasteiger partial charge in [0.25, 0.3) is 0 Å². The molecule has 2 rings (SSSR count). The quantitative estimate of drug-likeness (QED) is 0.837. The molecule has 0 saturated heterocycles. The van der Waals surface area contributed by atoms with Crippen molar-refractivity contribution in [3.8, 4) is 0 Å². The molecule has 1 aromatic carbocycles. The van der Waals surface area contributed by atoms with Gasteiger partial charge in [-0.25, -0.2) is 8.78 Å². The third kappa shape index (κ3) is 1.82. The highest BCUT2D eigenvalue weighted by atomic mass is 19.1. The van der Waals surface area contributed by atoms with Gasteiger partial charge in [-0.05, 0) is 26.1 Å². The molecule has 1 atom stereocenters. The lowest BCUT2D eigenvalue weighted by atomic mass is 10.0. The van der Waals surface area contributed by atoms with Crippen LogP contribution in [0.3, 0.4) is 0 Å². The molecule has 3 nitrogen and oxygen atoms in total. The van der Waals surface area contributed by atoms with Crippen molar-refractivity contribution < 1.29 is 18.0 Å². The van der Waals surface area contributed by atoms with Gasteiger partial charge in [0, 0.05) is 0 Å². The normalized spacial score (nSPS) is 12.9. The zero-order valence-electron chi connectivity index (χ0n) is 9.38. The highest BCUT2D eigenvalue weighted by Gasteiger charge is 2.21. The van der Waals surface area contributed by atoms with Crippen molar-refractivity contribution in [1.82, 2.24) is 5.32 Å². The molecule has 1 unspecified atom stereocenters. The maximum absolute atomic E-state index is 13.9. The second kappa shape index (κ2) is 4.25. The Morgan fingerprint density at radius 1 is 1.41 bits per heavy atom. The zero-order valence-corrected chi connectivity index (χ0v) is 9.38. The molecule has 0 aliphatic carbocycles.